The maximum atomic E-state index is 4.28. The molecule has 1 aromatic carbocycles. The molecule has 0 aliphatic rings. The second kappa shape index (κ2) is 7.08. The van der Waals surface area contributed by atoms with Gasteiger partial charge in [-0.1, -0.05) is 16.5 Å². The summed E-state index contributed by atoms with van der Waals surface area (Å²) in [5, 5.41) is 21.0. The Morgan fingerprint density at radius 1 is 0.955 bits per heavy atom. The summed E-state index contributed by atoms with van der Waals surface area (Å²) in [5.41, 5.74) is 1.95. The van der Waals surface area contributed by atoms with Crippen LogP contribution in [0.15, 0.2) is 50.2 Å². The van der Waals surface area contributed by atoms with Crippen LogP contribution in [-0.2, 0) is 7.05 Å². The highest BCUT2D eigenvalue weighted by molar-refractivity contribution is 7.13. The van der Waals surface area contributed by atoms with Crippen molar-refractivity contribution in [2.45, 2.75) is 0 Å². The summed E-state index contributed by atoms with van der Waals surface area (Å²) in [5.74, 6) is 0.746. The van der Waals surface area contributed by atoms with Crippen LogP contribution in [0, 0.1) is 0 Å². The molecule has 0 saturated heterocycles. The van der Waals surface area contributed by atoms with Crippen molar-refractivity contribution in [2.75, 3.05) is 33.1 Å². The fourth-order valence-corrected chi connectivity index (χ4v) is 2.35. The molecule has 0 aliphatic heterocycles. The maximum absolute atomic E-state index is 4.28. The lowest BCUT2D eigenvalue weighted by atomic mass is 10.3. The van der Waals surface area contributed by atoms with Crippen LogP contribution in [0.3, 0.4) is 0 Å². The number of thiazole rings is 1. The van der Waals surface area contributed by atoms with Crippen LogP contribution in [0.5, 0.6) is 0 Å². The molecule has 7 nitrogen and oxygen atoms in total. The van der Waals surface area contributed by atoms with Crippen molar-refractivity contribution in [3.8, 4) is 0 Å². The highest BCUT2D eigenvalue weighted by Gasteiger charge is 2.14. The van der Waals surface area contributed by atoms with Gasteiger partial charge in [0.05, 0.1) is 12.4 Å². The van der Waals surface area contributed by atoms with Crippen LogP contribution in [-0.4, -0.2) is 33.2 Å². The van der Waals surface area contributed by atoms with Crippen molar-refractivity contribution in [3.05, 3.63) is 29.6 Å². The molecule has 1 aromatic heterocycles. The van der Waals surface area contributed by atoms with Gasteiger partial charge >= 0.3 is 10.9 Å². The van der Waals surface area contributed by atoms with E-state index in [-0.39, 0.29) is 0 Å². The quantitative estimate of drug-likeness (QED) is 0.480. The summed E-state index contributed by atoms with van der Waals surface area (Å²) in [6.07, 6.45) is 0. The minimum atomic E-state index is 0.746. The fourth-order valence-electron chi connectivity index (χ4n) is 1.60. The Morgan fingerprint density at radius 3 is 2.23 bits per heavy atom. The molecule has 22 heavy (non-hydrogen) atoms. The van der Waals surface area contributed by atoms with Crippen LogP contribution in [0.1, 0.15) is 0 Å². The Balaban J connectivity index is 2.13. The monoisotopic (exact) mass is 318 g/mol. The lowest BCUT2D eigenvalue weighted by molar-refractivity contribution is -0.641. The van der Waals surface area contributed by atoms with E-state index in [4.69, 9.17) is 0 Å². The molecule has 8 heteroatoms. The second-order valence-corrected chi connectivity index (χ2v) is 5.92. The van der Waals surface area contributed by atoms with Gasteiger partial charge in [0.2, 0.25) is 0 Å². The Kier molecular flexibility index (Phi) is 5.16. The van der Waals surface area contributed by atoms with Crippen molar-refractivity contribution < 1.29 is 4.57 Å². The van der Waals surface area contributed by atoms with Gasteiger partial charge in [-0.05, 0) is 24.3 Å². The predicted molar refractivity (Wildman–Crippen MR) is 88.6 cm³/mol. The van der Waals surface area contributed by atoms with E-state index >= 15 is 0 Å². The maximum Gasteiger partial charge on any atom is 0.345 e. The Bertz CT molecular complexity index is 671. The molecular formula is C14H20N7S+. The van der Waals surface area contributed by atoms with Gasteiger partial charge in [0.25, 0.3) is 0 Å². The fraction of sp³-hybridized carbons (Fsp3) is 0.357. The Morgan fingerprint density at radius 2 is 1.64 bits per heavy atom. The van der Waals surface area contributed by atoms with Crippen LogP contribution < -0.4 is 9.47 Å². The van der Waals surface area contributed by atoms with Crippen molar-refractivity contribution in [1.29, 1.82) is 0 Å². The number of nitrogens with zero attached hydrogens (tertiary/aromatic N) is 7. The van der Waals surface area contributed by atoms with E-state index in [1.165, 1.54) is 11.3 Å². The first kappa shape index (κ1) is 16.0. The zero-order valence-electron chi connectivity index (χ0n) is 13.4. The number of benzene rings is 1. The van der Waals surface area contributed by atoms with Crippen molar-refractivity contribution in [3.63, 3.8) is 0 Å². The lowest BCUT2D eigenvalue weighted by Crippen LogP contribution is -2.25. The first-order valence-electron chi connectivity index (χ1n) is 6.73. The Hall–Kier alpha value is -2.35. The number of rotatable bonds is 5. The van der Waals surface area contributed by atoms with Gasteiger partial charge in [0, 0.05) is 49.3 Å². The summed E-state index contributed by atoms with van der Waals surface area (Å²) in [4.78, 5) is 2.04. The predicted octanol–water partition coefficient (Wildman–Crippen LogP) is 3.61. The third kappa shape index (κ3) is 4.08. The largest absolute Gasteiger partial charge is 0.378 e. The van der Waals surface area contributed by atoms with Gasteiger partial charge in [-0.25, -0.2) is 4.57 Å². The third-order valence-electron chi connectivity index (χ3n) is 2.84. The number of anilines is 1. The molecule has 0 radical (unpaired) electrons. The number of aromatic nitrogens is 1. The van der Waals surface area contributed by atoms with E-state index in [0.29, 0.717) is 0 Å². The average Bonchev–Trinajstić information content (AvgIpc) is 2.84. The van der Waals surface area contributed by atoms with Gasteiger partial charge < -0.3 is 4.90 Å². The molecule has 0 atom stereocenters. The van der Waals surface area contributed by atoms with E-state index in [1.807, 2.05) is 74.4 Å². The number of hydrogen-bond donors (Lipinski definition) is 0. The zero-order valence-corrected chi connectivity index (χ0v) is 14.2. The minimum absolute atomic E-state index is 0.746. The number of hydrogen-bond acceptors (Lipinski definition) is 6. The summed E-state index contributed by atoms with van der Waals surface area (Å²) in [6.45, 7) is 0. The van der Waals surface area contributed by atoms with E-state index in [0.717, 1.165) is 22.3 Å². The molecule has 0 bridgehead atoms. The number of azo groups is 1. The van der Waals surface area contributed by atoms with Crippen LogP contribution in [0.25, 0.3) is 0 Å². The second-order valence-electron chi connectivity index (χ2n) is 5.08. The van der Waals surface area contributed by atoms with Gasteiger partial charge in [0.15, 0.2) is 0 Å². The summed E-state index contributed by atoms with van der Waals surface area (Å²) in [6, 6.07) is 7.91. The minimum Gasteiger partial charge on any atom is -0.378 e. The molecule has 0 saturated carbocycles. The first-order valence-corrected chi connectivity index (χ1v) is 7.61. The molecule has 2 rings (SSSR count). The van der Waals surface area contributed by atoms with Gasteiger partial charge in [-0.3, -0.25) is 5.01 Å². The molecule has 0 N–H and O–H groups in total. The topological polar surface area (TPSA) is 59.8 Å². The summed E-state index contributed by atoms with van der Waals surface area (Å²) < 4.78 is 1.86. The molecule has 0 amide bonds. The molecule has 2 aromatic rings. The molecular weight excluding hydrogens is 298 g/mol. The lowest BCUT2D eigenvalue weighted by Gasteiger charge is -2.11. The van der Waals surface area contributed by atoms with Gasteiger partial charge in [-0.15, -0.1) is 0 Å². The molecule has 116 valence electrons. The van der Waals surface area contributed by atoms with Crippen molar-refractivity contribution in [2.24, 2.45) is 27.6 Å². The normalized spacial score (nSPS) is 11.5. The summed E-state index contributed by atoms with van der Waals surface area (Å²) >= 11 is 1.48. The molecule has 1 heterocycles. The first-order chi connectivity index (χ1) is 10.5. The standard InChI is InChI=1S/C14H20N7S/c1-19(2)12-8-6-11(7-9-12)15-17-14-21(5)13(10-22-14)16-18-20(3)4/h6-10H,1-5H3/q+1. The highest BCUT2D eigenvalue weighted by atomic mass is 32.1. The highest BCUT2D eigenvalue weighted by Crippen LogP contribution is 2.25. The van der Waals surface area contributed by atoms with Crippen molar-refractivity contribution in [1.82, 2.24) is 5.01 Å². The van der Waals surface area contributed by atoms with Gasteiger partial charge in [0.1, 0.15) is 5.69 Å². The van der Waals surface area contributed by atoms with Crippen LogP contribution in [0.4, 0.5) is 22.3 Å². The Labute approximate surface area is 134 Å². The third-order valence-corrected chi connectivity index (χ3v) is 3.74. The van der Waals surface area contributed by atoms with Gasteiger partial charge in [-0.2, -0.15) is 0 Å². The SMILES string of the molecule is CN(C)N=Nc1csc(N=Nc2ccc(N(C)C)cc2)[n+]1C. The average molecular weight is 318 g/mol. The summed E-state index contributed by atoms with van der Waals surface area (Å²) in [7, 11) is 9.56. The van der Waals surface area contributed by atoms with E-state index < -0.39 is 0 Å². The van der Waals surface area contributed by atoms with E-state index in [9.17, 15) is 0 Å². The van der Waals surface area contributed by atoms with E-state index in [1.54, 1.807) is 5.01 Å². The zero-order chi connectivity index (χ0) is 16.1. The molecule has 0 aliphatic carbocycles. The van der Waals surface area contributed by atoms with Crippen LogP contribution in [0.2, 0.25) is 0 Å². The van der Waals surface area contributed by atoms with E-state index in [2.05, 4.69) is 20.6 Å². The smallest absolute Gasteiger partial charge is 0.345 e. The van der Waals surface area contributed by atoms with Crippen LogP contribution >= 0.6 is 11.3 Å². The molecule has 0 fully saturated rings. The van der Waals surface area contributed by atoms with Crippen molar-refractivity contribution >= 4 is 33.7 Å². The molecule has 0 spiro atoms. The molecule has 0 unspecified atom stereocenters.